The second kappa shape index (κ2) is 5.72. The lowest BCUT2D eigenvalue weighted by molar-refractivity contribution is 0.491. The average Bonchev–Trinajstić information content (AvgIpc) is 3.13. The number of benzene rings is 1. The van der Waals surface area contributed by atoms with Crippen LogP contribution in [0, 0.1) is 0 Å². The molecule has 0 amide bonds. The van der Waals surface area contributed by atoms with Crippen molar-refractivity contribution in [3.8, 4) is 11.5 Å². The Balaban J connectivity index is 1.57. The molecule has 2 aromatic rings. The molecule has 3 rings (SSSR count). The van der Waals surface area contributed by atoms with Crippen LogP contribution >= 0.6 is 11.6 Å². The third-order valence-corrected chi connectivity index (χ3v) is 3.48. The highest BCUT2D eigenvalue weighted by molar-refractivity contribution is 6.33. The molecule has 0 spiro atoms. The van der Waals surface area contributed by atoms with Crippen molar-refractivity contribution in [2.45, 2.75) is 31.7 Å². The maximum absolute atomic E-state index is 6.10. The molecule has 100 valence electrons. The monoisotopic (exact) mass is 277 g/mol. The van der Waals surface area contributed by atoms with Gasteiger partial charge in [0.2, 0.25) is 11.8 Å². The largest absolute Gasteiger partial charge is 0.421 e. The molecule has 1 aromatic carbocycles. The molecule has 1 aliphatic carbocycles. The summed E-state index contributed by atoms with van der Waals surface area (Å²) in [5.41, 5.74) is 0.791. The van der Waals surface area contributed by atoms with Gasteiger partial charge >= 0.3 is 0 Å². The molecular formula is C14H16ClN3O. The van der Waals surface area contributed by atoms with E-state index in [9.17, 15) is 0 Å². The van der Waals surface area contributed by atoms with Crippen LogP contribution in [0.5, 0.6) is 0 Å². The Labute approximate surface area is 117 Å². The zero-order chi connectivity index (χ0) is 13.1. The smallest absolute Gasteiger partial charge is 0.249 e. The van der Waals surface area contributed by atoms with Gasteiger partial charge in [-0.2, -0.15) is 0 Å². The standard InChI is InChI=1S/C14H16ClN3O/c15-12-5-2-1-4-11(12)14-18-17-13(19-14)6-3-9-16-10-7-8-10/h1-2,4-5,10,16H,3,6-9H2. The van der Waals surface area contributed by atoms with Crippen LogP contribution in [0.1, 0.15) is 25.2 Å². The van der Waals surface area contributed by atoms with E-state index < -0.39 is 0 Å². The molecule has 1 fully saturated rings. The third kappa shape index (κ3) is 3.33. The molecule has 0 bridgehead atoms. The van der Waals surface area contributed by atoms with E-state index in [2.05, 4.69) is 15.5 Å². The fourth-order valence-corrected chi connectivity index (χ4v) is 2.15. The number of hydrogen-bond donors (Lipinski definition) is 1. The fourth-order valence-electron chi connectivity index (χ4n) is 1.93. The number of aryl methyl sites for hydroxylation is 1. The van der Waals surface area contributed by atoms with Gasteiger partial charge in [-0.3, -0.25) is 0 Å². The predicted molar refractivity (Wildman–Crippen MR) is 74.1 cm³/mol. The molecule has 1 heterocycles. The summed E-state index contributed by atoms with van der Waals surface area (Å²) in [7, 11) is 0. The quantitative estimate of drug-likeness (QED) is 0.825. The number of hydrogen-bond acceptors (Lipinski definition) is 4. The zero-order valence-corrected chi connectivity index (χ0v) is 11.4. The van der Waals surface area contributed by atoms with E-state index in [1.165, 1.54) is 12.8 Å². The van der Waals surface area contributed by atoms with Crippen molar-refractivity contribution in [1.82, 2.24) is 15.5 Å². The summed E-state index contributed by atoms with van der Waals surface area (Å²) in [6.07, 6.45) is 4.45. The van der Waals surface area contributed by atoms with Crippen molar-refractivity contribution < 1.29 is 4.42 Å². The minimum Gasteiger partial charge on any atom is -0.421 e. The van der Waals surface area contributed by atoms with Gasteiger partial charge in [-0.1, -0.05) is 23.7 Å². The highest BCUT2D eigenvalue weighted by atomic mass is 35.5. The van der Waals surface area contributed by atoms with Gasteiger partial charge in [-0.15, -0.1) is 10.2 Å². The van der Waals surface area contributed by atoms with E-state index in [-0.39, 0.29) is 0 Å². The molecule has 1 saturated carbocycles. The first-order valence-electron chi connectivity index (χ1n) is 6.63. The van der Waals surface area contributed by atoms with Gasteiger partial charge in [-0.05, 0) is 37.9 Å². The van der Waals surface area contributed by atoms with Crippen molar-refractivity contribution in [2.24, 2.45) is 0 Å². The van der Waals surface area contributed by atoms with E-state index >= 15 is 0 Å². The molecule has 0 saturated heterocycles. The van der Waals surface area contributed by atoms with Crippen LogP contribution in [-0.4, -0.2) is 22.8 Å². The number of rotatable bonds is 6. The Kier molecular flexibility index (Phi) is 3.80. The lowest BCUT2D eigenvalue weighted by Crippen LogP contribution is -2.17. The zero-order valence-electron chi connectivity index (χ0n) is 10.6. The van der Waals surface area contributed by atoms with E-state index in [0.29, 0.717) is 16.8 Å². The van der Waals surface area contributed by atoms with E-state index in [1.54, 1.807) is 0 Å². The minimum atomic E-state index is 0.496. The van der Waals surface area contributed by atoms with Gasteiger partial charge in [0, 0.05) is 12.5 Å². The van der Waals surface area contributed by atoms with Crippen LogP contribution in [0.4, 0.5) is 0 Å². The van der Waals surface area contributed by atoms with Crippen LogP contribution in [0.3, 0.4) is 0 Å². The average molecular weight is 278 g/mol. The summed E-state index contributed by atoms with van der Waals surface area (Å²) in [6, 6.07) is 8.24. The van der Waals surface area contributed by atoms with Crippen LogP contribution < -0.4 is 5.32 Å². The van der Waals surface area contributed by atoms with Gasteiger partial charge in [0.05, 0.1) is 10.6 Å². The molecule has 1 aromatic heterocycles. The molecule has 19 heavy (non-hydrogen) atoms. The molecule has 5 heteroatoms. The summed E-state index contributed by atoms with van der Waals surface area (Å²) in [5, 5.41) is 12.2. The van der Waals surface area contributed by atoms with Gasteiger partial charge in [0.15, 0.2) is 0 Å². The number of nitrogens with zero attached hydrogens (tertiary/aromatic N) is 2. The lowest BCUT2D eigenvalue weighted by Gasteiger charge is -1.99. The Bertz CT molecular complexity index is 551. The number of aromatic nitrogens is 2. The molecule has 0 atom stereocenters. The first kappa shape index (κ1) is 12.6. The summed E-state index contributed by atoms with van der Waals surface area (Å²) in [4.78, 5) is 0. The van der Waals surface area contributed by atoms with E-state index in [0.717, 1.165) is 31.0 Å². The van der Waals surface area contributed by atoms with Gasteiger partial charge in [0.25, 0.3) is 0 Å². The van der Waals surface area contributed by atoms with Gasteiger partial charge in [-0.25, -0.2) is 0 Å². The Morgan fingerprint density at radius 3 is 2.89 bits per heavy atom. The topological polar surface area (TPSA) is 51.0 Å². The molecule has 0 unspecified atom stereocenters. The maximum Gasteiger partial charge on any atom is 0.249 e. The highest BCUT2D eigenvalue weighted by Gasteiger charge is 2.19. The van der Waals surface area contributed by atoms with Crippen molar-refractivity contribution in [1.29, 1.82) is 0 Å². The third-order valence-electron chi connectivity index (χ3n) is 3.15. The predicted octanol–water partition coefficient (Wildman–Crippen LogP) is 3.07. The second-order valence-electron chi connectivity index (χ2n) is 4.81. The van der Waals surface area contributed by atoms with Crippen molar-refractivity contribution in [2.75, 3.05) is 6.54 Å². The SMILES string of the molecule is Clc1ccccc1-c1nnc(CCCNC2CC2)o1. The highest BCUT2D eigenvalue weighted by Crippen LogP contribution is 2.26. The Morgan fingerprint density at radius 2 is 2.11 bits per heavy atom. The lowest BCUT2D eigenvalue weighted by atomic mass is 10.2. The normalized spacial score (nSPS) is 14.8. The van der Waals surface area contributed by atoms with Crippen molar-refractivity contribution in [3.05, 3.63) is 35.2 Å². The minimum absolute atomic E-state index is 0.496. The van der Waals surface area contributed by atoms with Crippen molar-refractivity contribution in [3.63, 3.8) is 0 Å². The molecule has 0 aliphatic heterocycles. The van der Waals surface area contributed by atoms with E-state index in [1.807, 2.05) is 24.3 Å². The fraction of sp³-hybridized carbons (Fsp3) is 0.429. The van der Waals surface area contributed by atoms with Crippen LogP contribution in [0.25, 0.3) is 11.5 Å². The van der Waals surface area contributed by atoms with Crippen molar-refractivity contribution >= 4 is 11.6 Å². The summed E-state index contributed by atoms with van der Waals surface area (Å²) in [6.45, 7) is 1.01. The molecule has 0 radical (unpaired) electrons. The number of nitrogens with one attached hydrogen (secondary N) is 1. The number of halogens is 1. The first-order valence-corrected chi connectivity index (χ1v) is 7.01. The van der Waals surface area contributed by atoms with Gasteiger partial charge < -0.3 is 9.73 Å². The molecule has 4 nitrogen and oxygen atoms in total. The Morgan fingerprint density at radius 1 is 1.26 bits per heavy atom. The molecule has 1 aliphatic rings. The summed E-state index contributed by atoms with van der Waals surface area (Å²) in [5.74, 6) is 1.17. The van der Waals surface area contributed by atoms with Crippen LogP contribution in [-0.2, 0) is 6.42 Å². The van der Waals surface area contributed by atoms with E-state index in [4.69, 9.17) is 16.0 Å². The summed E-state index contributed by atoms with van der Waals surface area (Å²) < 4.78 is 5.64. The van der Waals surface area contributed by atoms with Crippen LogP contribution in [0.2, 0.25) is 5.02 Å². The van der Waals surface area contributed by atoms with Gasteiger partial charge in [0.1, 0.15) is 0 Å². The molecular weight excluding hydrogens is 262 g/mol. The molecule has 1 N–H and O–H groups in total. The second-order valence-corrected chi connectivity index (χ2v) is 5.22. The summed E-state index contributed by atoms with van der Waals surface area (Å²) >= 11 is 6.10. The first-order chi connectivity index (χ1) is 9.33. The Hall–Kier alpha value is -1.39. The van der Waals surface area contributed by atoms with Crippen LogP contribution in [0.15, 0.2) is 28.7 Å². The maximum atomic E-state index is 6.10.